The van der Waals surface area contributed by atoms with Gasteiger partial charge < -0.3 is 0 Å². The van der Waals surface area contributed by atoms with Gasteiger partial charge in [0.15, 0.2) is 11.0 Å². The Kier molecular flexibility index (Phi) is 5.87. The summed E-state index contributed by atoms with van der Waals surface area (Å²) in [6, 6.07) is 23.8. The predicted octanol–water partition coefficient (Wildman–Crippen LogP) is 5.95. The Balaban J connectivity index is 1.55. The molecule has 5 rings (SSSR count). The molecule has 5 aromatic rings. The van der Waals surface area contributed by atoms with Crippen molar-refractivity contribution in [2.24, 2.45) is 0 Å². The van der Waals surface area contributed by atoms with Gasteiger partial charge in [-0.2, -0.15) is 0 Å². The Bertz CT molecular complexity index is 1470. The largest absolute Gasteiger partial charge is 0.308 e. The quantitative estimate of drug-likeness (QED) is 0.283. The molecule has 0 saturated heterocycles. The highest BCUT2D eigenvalue weighted by molar-refractivity contribution is 7.98. The fourth-order valence-corrected chi connectivity index (χ4v) is 5.61. The van der Waals surface area contributed by atoms with Crippen LogP contribution in [0, 0.1) is 6.92 Å². The molecule has 0 aliphatic carbocycles. The van der Waals surface area contributed by atoms with Crippen LogP contribution in [-0.4, -0.2) is 19.3 Å². The normalized spacial score (nSPS) is 11.3. The van der Waals surface area contributed by atoms with Crippen LogP contribution in [0.1, 0.15) is 17.0 Å². The van der Waals surface area contributed by atoms with Crippen molar-refractivity contribution in [1.82, 2.24) is 19.3 Å². The number of fused-ring (bicyclic) bond motifs is 1. The molecular weight excluding hydrogens is 460 g/mol. The molecular formula is C24H19ClN4OS2. The van der Waals surface area contributed by atoms with Crippen LogP contribution in [0.4, 0.5) is 0 Å². The summed E-state index contributed by atoms with van der Waals surface area (Å²) in [6.45, 7) is 2.41. The summed E-state index contributed by atoms with van der Waals surface area (Å²) >= 11 is 9.14. The zero-order valence-corrected chi connectivity index (χ0v) is 19.6. The first-order chi connectivity index (χ1) is 15.6. The van der Waals surface area contributed by atoms with E-state index in [0.717, 1.165) is 26.8 Å². The van der Waals surface area contributed by atoms with Gasteiger partial charge in [0.2, 0.25) is 0 Å². The molecule has 0 saturated carbocycles. The number of rotatable bonds is 6. The SMILES string of the molecule is Cc1cccc(CSc2nnc(Cn3c(=O)sc4ccccc43)n2-c2cccc(Cl)c2)c1. The summed E-state index contributed by atoms with van der Waals surface area (Å²) in [6.07, 6.45) is 0. The highest BCUT2D eigenvalue weighted by Crippen LogP contribution is 2.28. The Morgan fingerprint density at radius 3 is 2.69 bits per heavy atom. The smallest absolute Gasteiger partial charge is 0.291 e. The number of aryl methyl sites for hydroxylation is 1. The number of benzene rings is 3. The molecule has 5 nitrogen and oxygen atoms in total. The molecule has 0 amide bonds. The van der Waals surface area contributed by atoms with Crippen LogP contribution in [0.3, 0.4) is 0 Å². The van der Waals surface area contributed by atoms with Gasteiger partial charge >= 0.3 is 4.87 Å². The molecule has 0 unspecified atom stereocenters. The lowest BCUT2D eigenvalue weighted by Gasteiger charge is -2.11. The molecule has 0 atom stereocenters. The Morgan fingerprint density at radius 1 is 1.00 bits per heavy atom. The molecule has 0 aliphatic rings. The molecule has 0 aliphatic heterocycles. The third kappa shape index (κ3) is 4.24. The minimum Gasteiger partial charge on any atom is -0.291 e. The van der Waals surface area contributed by atoms with E-state index in [1.165, 1.54) is 22.5 Å². The van der Waals surface area contributed by atoms with E-state index in [9.17, 15) is 4.79 Å². The summed E-state index contributed by atoms with van der Waals surface area (Å²) in [5, 5.41) is 10.3. The number of halogens is 1. The number of para-hydroxylation sites is 1. The van der Waals surface area contributed by atoms with Crippen molar-refractivity contribution in [2.75, 3.05) is 0 Å². The number of nitrogens with zero attached hydrogens (tertiary/aromatic N) is 4. The van der Waals surface area contributed by atoms with E-state index in [2.05, 4.69) is 41.4 Å². The number of thiazole rings is 1. The molecule has 0 bridgehead atoms. The maximum Gasteiger partial charge on any atom is 0.308 e. The highest BCUT2D eigenvalue weighted by Gasteiger charge is 2.18. The van der Waals surface area contributed by atoms with Crippen molar-refractivity contribution < 1.29 is 0 Å². The monoisotopic (exact) mass is 478 g/mol. The van der Waals surface area contributed by atoms with Gasteiger partial charge in [0.25, 0.3) is 0 Å². The molecule has 0 fully saturated rings. The van der Waals surface area contributed by atoms with E-state index in [-0.39, 0.29) is 4.87 Å². The number of thioether (sulfide) groups is 1. The van der Waals surface area contributed by atoms with Crippen LogP contribution in [0.5, 0.6) is 0 Å². The van der Waals surface area contributed by atoms with Crippen LogP contribution in [0.15, 0.2) is 82.7 Å². The fourth-order valence-electron chi connectivity index (χ4n) is 3.63. The van der Waals surface area contributed by atoms with Crippen molar-refractivity contribution in [2.45, 2.75) is 24.4 Å². The predicted molar refractivity (Wildman–Crippen MR) is 132 cm³/mol. The second kappa shape index (κ2) is 8.94. The van der Waals surface area contributed by atoms with Crippen molar-refractivity contribution in [1.29, 1.82) is 0 Å². The zero-order chi connectivity index (χ0) is 22.1. The van der Waals surface area contributed by atoms with Gasteiger partial charge in [-0.3, -0.25) is 13.9 Å². The molecule has 0 radical (unpaired) electrons. The van der Waals surface area contributed by atoms with Crippen molar-refractivity contribution in [3.63, 3.8) is 0 Å². The maximum atomic E-state index is 12.7. The van der Waals surface area contributed by atoms with Crippen molar-refractivity contribution in [3.8, 4) is 5.69 Å². The molecule has 2 aromatic heterocycles. The van der Waals surface area contributed by atoms with Gasteiger partial charge in [0, 0.05) is 10.8 Å². The standard InChI is InChI=1S/C24H19ClN4OS2/c1-16-6-4-7-17(12-16)15-31-23-27-26-22(29(23)19-9-5-8-18(25)13-19)14-28-20-10-2-3-11-21(20)32-24(28)30/h2-13H,14-15H2,1H3. The lowest BCUT2D eigenvalue weighted by atomic mass is 10.2. The van der Waals surface area contributed by atoms with Gasteiger partial charge in [-0.15, -0.1) is 10.2 Å². The molecule has 3 aromatic carbocycles. The van der Waals surface area contributed by atoms with E-state index in [1.54, 1.807) is 16.3 Å². The fraction of sp³-hybridized carbons (Fsp3) is 0.125. The van der Waals surface area contributed by atoms with Gasteiger partial charge in [-0.05, 0) is 42.8 Å². The first-order valence-corrected chi connectivity index (χ1v) is 12.2. The third-order valence-corrected chi connectivity index (χ3v) is 7.29. The van der Waals surface area contributed by atoms with Crippen molar-refractivity contribution >= 4 is 44.9 Å². The van der Waals surface area contributed by atoms with Crippen LogP contribution in [0.25, 0.3) is 15.9 Å². The van der Waals surface area contributed by atoms with Crippen LogP contribution >= 0.6 is 34.7 Å². The number of aromatic nitrogens is 4. The van der Waals surface area contributed by atoms with Crippen molar-refractivity contribution in [3.05, 3.63) is 104 Å². The Morgan fingerprint density at radius 2 is 1.84 bits per heavy atom. The Labute approximate surface area is 198 Å². The third-order valence-electron chi connectivity index (χ3n) is 5.09. The summed E-state index contributed by atoms with van der Waals surface area (Å²) in [7, 11) is 0. The molecule has 0 spiro atoms. The minimum absolute atomic E-state index is 0.0131. The van der Waals surface area contributed by atoms with E-state index in [4.69, 9.17) is 11.6 Å². The van der Waals surface area contributed by atoms with Crippen LogP contribution in [0.2, 0.25) is 5.02 Å². The minimum atomic E-state index is -0.0131. The summed E-state index contributed by atoms with van der Waals surface area (Å²) in [5.74, 6) is 1.45. The number of hydrogen-bond acceptors (Lipinski definition) is 5. The summed E-state index contributed by atoms with van der Waals surface area (Å²) in [4.78, 5) is 12.7. The van der Waals surface area contributed by atoms with E-state index in [1.807, 2.05) is 53.1 Å². The second-order valence-corrected chi connectivity index (χ2v) is 9.79. The second-order valence-electron chi connectivity index (χ2n) is 7.41. The molecule has 8 heteroatoms. The van der Waals surface area contributed by atoms with Gasteiger partial charge in [0.05, 0.1) is 22.4 Å². The molecule has 32 heavy (non-hydrogen) atoms. The van der Waals surface area contributed by atoms with Gasteiger partial charge in [0.1, 0.15) is 0 Å². The van der Waals surface area contributed by atoms with Crippen LogP contribution in [-0.2, 0) is 12.3 Å². The molecule has 0 N–H and O–H groups in total. The van der Waals surface area contributed by atoms with E-state index < -0.39 is 0 Å². The maximum absolute atomic E-state index is 12.7. The lowest BCUT2D eigenvalue weighted by Crippen LogP contribution is -2.16. The topological polar surface area (TPSA) is 52.7 Å². The first kappa shape index (κ1) is 21.0. The Hall–Kier alpha value is -2.87. The molecule has 160 valence electrons. The summed E-state index contributed by atoms with van der Waals surface area (Å²) < 4.78 is 4.70. The lowest BCUT2D eigenvalue weighted by molar-refractivity contribution is 0.726. The molecule has 2 heterocycles. The number of hydrogen-bond donors (Lipinski definition) is 0. The van der Waals surface area contributed by atoms with E-state index in [0.29, 0.717) is 17.4 Å². The van der Waals surface area contributed by atoms with Gasteiger partial charge in [-0.25, -0.2) is 0 Å². The average Bonchev–Trinajstić information content (AvgIpc) is 3.33. The average molecular weight is 479 g/mol. The van der Waals surface area contributed by atoms with Gasteiger partial charge in [-0.1, -0.05) is 82.7 Å². The highest BCUT2D eigenvalue weighted by atomic mass is 35.5. The summed E-state index contributed by atoms with van der Waals surface area (Å²) in [5.41, 5.74) is 4.22. The zero-order valence-electron chi connectivity index (χ0n) is 17.2. The van der Waals surface area contributed by atoms with Crippen LogP contribution < -0.4 is 4.87 Å². The first-order valence-electron chi connectivity index (χ1n) is 10.1. The van der Waals surface area contributed by atoms with E-state index >= 15 is 0 Å².